The molecule has 0 N–H and O–H groups in total. The van der Waals surface area contributed by atoms with Crippen molar-refractivity contribution < 1.29 is 0 Å². The van der Waals surface area contributed by atoms with E-state index >= 15 is 0 Å². The van der Waals surface area contributed by atoms with E-state index in [0.29, 0.717) is 0 Å². The van der Waals surface area contributed by atoms with E-state index in [1.165, 1.54) is 66.8 Å². The molecule has 16 aromatic rings. The maximum absolute atomic E-state index is 3.32. The van der Waals surface area contributed by atoms with Crippen molar-refractivity contribution in [3.63, 3.8) is 0 Å². The first-order chi connectivity index (χ1) is 49.7. The van der Waals surface area contributed by atoms with Gasteiger partial charge in [-0.1, -0.05) is 388 Å². The molecule has 466 valence electrons. The summed E-state index contributed by atoms with van der Waals surface area (Å²) in [6, 6.07) is 145. The summed E-state index contributed by atoms with van der Waals surface area (Å²) < 4.78 is 0. The lowest BCUT2D eigenvalue weighted by atomic mass is 9.74. The van der Waals surface area contributed by atoms with Crippen LogP contribution in [0.5, 0.6) is 0 Å². The first-order valence-electron chi connectivity index (χ1n) is 34.1. The fourth-order valence-corrected chi connectivity index (χ4v) is 14.4. The minimum absolute atomic E-state index is 0.903. The Morgan fingerprint density at radius 3 is 0.350 bits per heavy atom. The van der Waals surface area contributed by atoms with Crippen molar-refractivity contribution in [2.75, 3.05) is 0 Å². The van der Waals surface area contributed by atoms with E-state index in [2.05, 4.69) is 424 Å². The highest BCUT2D eigenvalue weighted by atomic mass is 14.3. The van der Waals surface area contributed by atoms with Gasteiger partial charge in [0.2, 0.25) is 0 Å². The van der Waals surface area contributed by atoms with Gasteiger partial charge in [0, 0.05) is 11.1 Å². The molecule has 0 saturated heterocycles. The van der Waals surface area contributed by atoms with Crippen molar-refractivity contribution in [2.45, 2.75) is 0 Å². The van der Waals surface area contributed by atoms with Gasteiger partial charge in [-0.2, -0.15) is 0 Å². The minimum Gasteiger partial charge on any atom is -0.0622 e. The van der Waals surface area contributed by atoms with Gasteiger partial charge in [-0.15, -0.1) is 0 Å². The largest absolute Gasteiger partial charge is 0.0622 e. The zero-order valence-corrected chi connectivity index (χ0v) is 55.1. The third-order valence-corrected chi connectivity index (χ3v) is 18.9. The van der Waals surface area contributed by atoms with Crippen LogP contribution in [0, 0.1) is 23.7 Å². The molecule has 0 amide bonds. The minimum atomic E-state index is 0.903. The second-order valence-corrected chi connectivity index (χ2v) is 25.0. The van der Waals surface area contributed by atoms with Gasteiger partial charge in [-0.3, -0.25) is 0 Å². The molecule has 16 rings (SSSR count). The van der Waals surface area contributed by atoms with Crippen LogP contribution in [-0.4, -0.2) is 0 Å². The number of benzene rings is 16. The van der Waals surface area contributed by atoms with Crippen LogP contribution in [0.4, 0.5) is 0 Å². The summed E-state index contributed by atoms with van der Waals surface area (Å²) in [5.74, 6) is 12.9. The first-order valence-corrected chi connectivity index (χ1v) is 34.1. The summed E-state index contributed by atoms with van der Waals surface area (Å²) in [5, 5.41) is 0. The standard InChI is InChI=1S/C100H66/c1-11-35-77(36-12-1)89-91(79-39-15-3-16-40-79)95(83-47-23-7-24-48-83)99(96(84-49-25-8-26-50-84)92(89)80-41-17-4-18-42-80)87-67-63-75(64-68-87)73-59-55-71(56-60-73)33-31-32-34-72-57-61-74(62-58-72)76-65-69-88(70-66-76)100-97(85-51-27-9-28-52-85)93(81-43-19-5-20-44-81)90(78-37-13-2-14-38-78)94(82-45-21-6-22-46-82)98(100)86-53-29-10-30-54-86/h1-30,35-70H. The van der Waals surface area contributed by atoms with Gasteiger partial charge >= 0.3 is 0 Å². The van der Waals surface area contributed by atoms with Gasteiger partial charge in [0.05, 0.1) is 0 Å². The number of rotatable bonds is 14. The normalized spacial score (nSPS) is 10.8. The van der Waals surface area contributed by atoms with Crippen molar-refractivity contribution in [3.05, 3.63) is 412 Å². The molecule has 0 bridgehead atoms. The Hall–Kier alpha value is -13.4. The SMILES string of the molecule is C(C#Cc1ccc(-c2ccc(-c3c(-c4ccccc4)c(-c4ccccc4)c(-c4ccccc4)c(-c4ccccc4)c3-c3ccccc3)cc2)cc1)#Cc1ccc(-c2ccc(-c3c(-c4ccccc4)c(-c4ccccc4)c(-c4ccccc4)c(-c4ccccc4)c3-c3ccccc3)cc2)cc1. The van der Waals surface area contributed by atoms with Crippen LogP contribution in [0.2, 0.25) is 0 Å². The molecule has 0 radical (unpaired) electrons. The Labute approximate surface area is 587 Å². The molecule has 16 aromatic carbocycles. The van der Waals surface area contributed by atoms with E-state index in [0.717, 1.165) is 100 Å². The molecule has 0 atom stereocenters. The van der Waals surface area contributed by atoms with E-state index in [-0.39, 0.29) is 0 Å². The van der Waals surface area contributed by atoms with Crippen molar-refractivity contribution >= 4 is 0 Å². The first kappa shape index (κ1) is 61.5. The van der Waals surface area contributed by atoms with Crippen LogP contribution in [0.3, 0.4) is 0 Å². The summed E-state index contributed by atoms with van der Waals surface area (Å²) in [5.41, 5.74) is 34.4. The predicted octanol–water partition coefficient (Wildman–Crippen LogP) is 26.4. The molecule has 0 heterocycles. The summed E-state index contributed by atoms with van der Waals surface area (Å²) in [7, 11) is 0. The zero-order valence-electron chi connectivity index (χ0n) is 55.1. The number of hydrogen-bond acceptors (Lipinski definition) is 0. The van der Waals surface area contributed by atoms with Crippen LogP contribution < -0.4 is 0 Å². The van der Waals surface area contributed by atoms with Crippen LogP contribution in [0.25, 0.3) is 156 Å². The van der Waals surface area contributed by atoms with Gasteiger partial charge < -0.3 is 0 Å². The van der Waals surface area contributed by atoms with Gasteiger partial charge in [0.1, 0.15) is 0 Å². The second kappa shape index (κ2) is 28.5. The fourth-order valence-electron chi connectivity index (χ4n) is 14.4. The molecular formula is C100H66. The summed E-state index contributed by atoms with van der Waals surface area (Å²) in [6.45, 7) is 0. The molecule has 0 aliphatic carbocycles. The van der Waals surface area contributed by atoms with Crippen LogP contribution in [0.1, 0.15) is 11.1 Å². The maximum Gasteiger partial charge on any atom is 0.0255 e. The van der Waals surface area contributed by atoms with Crippen molar-refractivity contribution in [3.8, 4) is 179 Å². The van der Waals surface area contributed by atoms with Gasteiger partial charge in [-0.25, -0.2) is 0 Å². The lowest BCUT2D eigenvalue weighted by Gasteiger charge is -2.28. The predicted molar refractivity (Wildman–Crippen MR) is 423 cm³/mol. The Bertz CT molecular complexity index is 5050. The fraction of sp³-hybridized carbons (Fsp3) is 0. The molecular weight excluding hydrogens is 1200 g/mol. The van der Waals surface area contributed by atoms with Gasteiger partial charge in [-0.05, 0) is 192 Å². The van der Waals surface area contributed by atoms with Crippen molar-refractivity contribution in [1.29, 1.82) is 0 Å². The lowest BCUT2D eigenvalue weighted by Crippen LogP contribution is -2.02. The molecule has 0 heteroatoms. The molecule has 0 spiro atoms. The van der Waals surface area contributed by atoms with Gasteiger partial charge in [0.25, 0.3) is 0 Å². The molecule has 0 aromatic heterocycles. The van der Waals surface area contributed by atoms with Crippen molar-refractivity contribution in [1.82, 2.24) is 0 Å². The highest BCUT2D eigenvalue weighted by Gasteiger charge is 2.31. The average molecular weight is 1270 g/mol. The Morgan fingerprint density at radius 2 is 0.210 bits per heavy atom. The quantitative estimate of drug-likeness (QED) is 0.0952. The highest BCUT2D eigenvalue weighted by Crippen LogP contribution is 2.58. The summed E-state index contributed by atoms with van der Waals surface area (Å²) in [6.07, 6.45) is 0. The van der Waals surface area contributed by atoms with Crippen molar-refractivity contribution in [2.24, 2.45) is 0 Å². The van der Waals surface area contributed by atoms with E-state index in [1.54, 1.807) is 0 Å². The molecule has 0 aliphatic heterocycles. The maximum atomic E-state index is 3.32. The molecule has 0 aliphatic rings. The van der Waals surface area contributed by atoms with E-state index < -0.39 is 0 Å². The molecule has 0 saturated carbocycles. The number of hydrogen-bond donors (Lipinski definition) is 0. The Morgan fingerprint density at radius 1 is 0.100 bits per heavy atom. The Kier molecular flexibility index (Phi) is 17.5. The smallest absolute Gasteiger partial charge is 0.0255 e. The molecule has 0 nitrogen and oxygen atoms in total. The summed E-state index contributed by atoms with van der Waals surface area (Å²) >= 11 is 0. The van der Waals surface area contributed by atoms with E-state index in [1.807, 2.05) is 0 Å². The Balaban J connectivity index is 0.713. The van der Waals surface area contributed by atoms with E-state index in [4.69, 9.17) is 0 Å². The topological polar surface area (TPSA) is 0 Å². The van der Waals surface area contributed by atoms with Crippen LogP contribution >= 0.6 is 0 Å². The average Bonchev–Trinajstić information content (AvgIpc) is 0.724. The molecule has 0 unspecified atom stereocenters. The lowest BCUT2D eigenvalue weighted by molar-refractivity contribution is 1.51. The highest BCUT2D eigenvalue weighted by molar-refractivity contribution is 6.17. The van der Waals surface area contributed by atoms with E-state index in [9.17, 15) is 0 Å². The van der Waals surface area contributed by atoms with Gasteiger partial charge in [0.15, 0.2) is 0 Å². The zero-order chi connectivity index (χ0) is 66.8. The molecule has 0 fully saturated rings. The molecule has 100 heavy (non-hydrogen) atoms. The monoisotopic (exact) mass is 1270 g/mol. The summed E-state index contributed by atoms with van der Waals surface area (Å²) in [4.78, 5) is 0. The van der Waals surface area contributed by atoms with Crippen LogP contribution in [-0.2, 0) is 0 Å². The van der Waals surface area contributed by atoms with Crippen LogP contribution in [0.15, 0.2) is 400 Å². The second-order valence-electron chi connectivity index (χ2n) is 25.0. The third kappa shape index (κ3) is 12.5. The third-order valence-electron chi connectivity index (χ3n) is 18.9.